The van der Waals surface area contributed by atoms with Gasteiger partial charge in [-0.3, -0.25) is 10.1 Å². The zero-order chi connectivity index (χ0) is 17.6. The summed E-state index contributed by atoms with van der Waals surface area (Å²) in [6, 6.07) is 4.47. The van der Waals surface area contributed by atoms with E-state index < -0.39 is 47.7 Å². The number of rotatable bonds is 2. The molecule has 2 aromatic carbocycles. The van der Waals surface area contributed by atoms with Crippen LogP contribution in [0.3, 0.4) is 0 Å². The second-order valence-corrected chi connectivity index (χ2v) is 4.02. The number of imide groups is 1. The zero-order valence-electron chi connectivity index (χ0n) is 14.7. The molecule has 0 aromatic heterocycles. The lowest BCUT2D eigenvalue weighted by atomic mass is 9.83. The number of hydrogen-bond donors (Lipinski definition) is 2. The van der Waals surface area contributed by atoms with Gasteiger partial charge in [-0.05, 0) is 11.1 Å². The number of carbonyl (C=O) groups is 2. The number of nitrogens with one attached hydrogen (secondary N) is 2. The summed E-state index contributed by atoms with van der Waals surface area (Å²) in [4.78, 5) is 24.4. The van der Waals surface area contributed by atoms with Crippen molar-refractivity contribution in [1.82, 2.24) is 10.6 Å². The maximum absolute atomic E-state index is 12.6. The predicted molar refractivity (Wildman–Crippen MR) is 70.3 cm³/mol. The van der Waals surface area contributed by atoms with Gasteiger partial charge >= 0.3 is 6.03 Å². The largest absolute Gasteiger partial charge is 0.322 e. The first-order valence-electron chi connectivity index (χ1n) is 8.07. The van der Waals surface area contributed by atoms with Gasteiger partial charge in [0, 0.05) is 0 Å². The number of benzene rings is 2. The minimum Gasteiger partial charge on any atom is -0.316 e. The highest BCUT2D eigenvalue weighted by molar-refractivity contribution is 6.09. The summed E-state index contributed by atoms with van der Waals surface area (Å²) < 4.78 is 39.6. The molecule has 1 aliphatic heterocycles. The van der Waals surface area contributed by atoms with E-state index in [0.717, 1.165) is 0 Å². The minimum absolute atomic E-state index is 0.289. The molecule has 0 spiro atoms. The molecule has 0 saturated carbocycles. The molecule has 0 bridgehead atoms. The van der Waals surface area contributed by atoms with Gasteiger partial charge in [0.2, 0.25) is 0 Å². The molecule has 3 rings (SSSR count). The van der Waals surface area contributed by atoms with E-state index in [9.17, 15) is 9.59 Å². The molecule has 1 heterocycles. The van der Waals surface area contributed by atoms with Crippen LogP contribution in [0, 0.1) is 0 Å². The Hall–Kier alpha value is -2.62. The molecule has 94 valence electrons. The van der Waals surface area contributed by atoms with Crippen LogP contribution in [-0.4, -0.2) is 11.9 Å². The highest BCUT2D eigenvalue weighted by Crippen LogP contribution is 2.32. The summed E-state index contributed by atoms with van der Waals surface area (Å²) in [5.41, 5.74) is -1.87. The van der Waals surface area contributed by atoms with E-state index in [1.165, 1.54) is 0 Å². The fourth-order valence-electron chi connectivity index (χ4n) is 2.10. The molecule has 1 aliphatic rings. The molecule has 4 heteroatoms. The molecule has 1 atom stereocenters. The Kier molecular flexibility index (Phi) is 1.58. The Labute approximate surface area is 117 Å². The van der Waals surface area contributed by atoms with E-state index in [1.54, 1.807) is 30.3 Å². The van der Waals surface area contributed by atoms with E-state index in [1.807, 2.05) is 0 Å². The summed E-state index contributed by atoms with van der Waals surface area (Å²) in [6.07, 6.45) is 0. The standard InChI is InChI=1S/C15H12N2O2/c18-13-15(17-14(19)16-13,11-7-3-1-4-8-11)12-9-5-2-6-10-12/h1-10H,(H2,16,17,18,19)/i1D,3D,4D,7D,8D/t15-/m1/s1. The van der Waals surface area contributed by atoms with Gasteiger partial charge in [0.25, 0.3) is 5.91 Å². The van der Waals surface area contributed by atoms with E-state index in [-0.39, 0.29) is 5.56 Å². The molecule has 0 radical (unpaired) electrons. The fourth-order valence-corrected chi connectivity index (χ4v) is 2.10. The number of carbonyl (C=O) groups excluding carboxylic acids is 2. The molecule has 1 saturated heterocycles. The Morgan fingerprint density at radius 3 is 2.21 bits per heavy atom. The molecular formula is C15H12N2O2. The molecule has 2 aromatic rings. The zero-order valence-corrected chi connectivity index (χ0v) is 9.70. The van der Waals surface area contributed by atoms with Crippen LogP contribution in [0.25, 0.3) is 0 Å². The van der Waals surface area contributed by atoms with Crippen molar-refractivity contribution in [2.45, 2.75) is 5.54 Å². The summed E-state index contributed by atoms with van der Waals surface area (Å²) in [7, 11) is 0. The molecule has 4 nitrogen and oxygen atoms in total. The highest BCUT2D eigenvalue weighted by atomic mass is 16.2. The van der Waals surface area contributed by atoms with Crippen LogP contribution in [-0.2, 0) is 10.3 Å². The molecule has 0 unspecified atom stereocenters. The SMILES string of the molecule is [2H]c1c([2H])c([2H])c([C@]2(c3ccccc3)NC(=O)NC2=O)c([2H])c1[2H]. The number of urea groups is 1. The van der Waals surface area contributed by atoms with Crippen LogP contribution < -0.4 is 10.6 Å². The summed E-state index contributed by atoms with van der Waals surface area (Å²) in [5, 5.41) is 4.53. The quantitative estimate of drug-likeness (QED) is 0.806. The maximum atomic E-state index is 12.6. The second-order valence-electron chi connectivity index (χ2n) is 4.02. The Bertz CT molecular complexity index is 843. The van der Waals surface area contributed by atoms with Gasteiger partial charge in [-0.2, -0.15) is 0 Å². The van der Waals surface area contributed by atoms with Crippen molar-refractivity contribution in [2.75, 3.05) is 0 Å². The lowest BCUT2D eigenvalue weighted by Gasteiger charge is -2.27. The van der Waals surface area contributed by atoms with Gasteiger partial charge in [-0.15, -0.1) is 0 Å². The third-order valence-electron chi connectivity index (χ3n) is 2.95. The van der Waals surface area contributed by atoms with Crippen molar-refractivity contribution < 1.29 is 16.4 Å². The van der Waals surface area contributed by atoms with Crippen LogP contribution in [0.4, 0.5) is 4.79 Å². The number of hydrogen-bond acceptors (Lipinski definition) is 2. The third kappa shape index (κ3) is 1.69. The van der Waals surface area contributed by atoms with Crippen molar-refractivity contribution in [3.8, 4) is 0 Å². The Morgan fingerprint density at radius 1 is 0.947 bits per heavy atom. The van der Waals surface area contributed by atoms with Gasteiger partial charge in [-0.1, -0.05) is 60.5 Å². The molecule has 19 heavy (non-hydrogen) atoms. The first kappa shape index (κ1) is 7.09. The average Bonchev–Trinajstić information content (AvgIpc) is 2.87. The molecular weight excluding hydrogens is 240 g/mol. The van der Waals surface area contributed by atoms with Crippen LogP contribution in [0.15, 0.2) is 60.5 Å². The van der Waals surface area contributed by atoms with Gasteiger partial charge in [0.05, 0.1) is 6.85 Å². The predicted octanol–water partition coefficient (Wildman–Crippen LogP) is 1.77. The Balaban J connectivity index is 2.43. The molecule has 3 amide bonds. The summed E-state index contributed by atoms with van der Waals surface area (Å²) in [5.74, 6) is -0.794. The van der Waals surface area contributed by atoms with Crippen molar-refractivity contribution >= 4 is 11.9 Å². The number of amides is 3. The smallest absolute Gasteiger partial charge is 0.316 e. The van der Waals surface area contributed by atoms with Crippen molar-refractivity contribution in [3.63, 3.8) is 0 Å². The monoisotopic (exact) mass is 257 g/mol. The molecule has 2 N–H and O–H groups in total. The van der Waals surface area contributed by atoms with Gasteiger partial charge < -0.3 is 5.32 Å². The first-order chi connectivity index (χ1) is 11.3. The first-order valence-corrected chi connectivity index (χ1v) is 5.57. The molecule has 0 aliphatic carbocycles. The lowest BCUT2D eigenvalue weighted by Crippen LogP contribution is -2.44. The van der Waals surface area contributed by atoms with Crippen LogP contribution in [0.1, 0.15) is 18.0 Å². The van der Waals surface area contributed by atoms with E-state index >= 15 is 0 Å². The van der Waals surface area contributed by atoms with Crippen LogP contribution in [0.2, 0.25) is 0 Å². The third-order valence-corrected chi connectivity index (χ3v) is 2.95. The van der Waals surface area contributed by atoms with Gasteiger partial charge in [0.1, 0.15) is 0 Å². The average molecular weight is 257 g/mol. The highest BCUT2D eigenvalue weighted by Gasteiger charge is 2.48. The van der Waals surface area contributed by atoms with E-state index in [4.69, 9.17) is 6.85 Å². The Morgan fingerprint density at radius 2 is 1.63 bits per heavy atom. The second kappa shape index (κ2) is 4.24. The van der Waals surface area contributed by atoms with Crippen LogP contribution >= 0.6 is 0 Å². The fraction of sp³-hybridized carbons (Fsp3) is 0.0667. The topological polar surface area (TPSA) is 58.2 Å². The van der Waals surface area contributed by atoms with E-state index in [0.29, 0.717) is 5.56 Å². The minimum atomic E-state index is -1.88. The van der Waals surface area contributed by atoms with Crippen LogP contribution in [0.5, 0.6) is 0 Å². The van der Waals surface area contributed by atoms with Crippen molar-refractivity contribution in [1.29, 1.82) is 0 Å². The summed E-state index contributed by atoms with van der Waals surface area (Å²) in [6.45, 7) is 0. The molecule has 1 fully saturated rings. The van der Waals surface area contributed by atoms with E-state index in [2.05, 4.69) is 10.6 Å². The lowest BCUT2D eigenvalue weighted by molar-refractivity contribution is -0.122. The van der Waals surface area contributed by atoms with Gasteiger partial charge in [-0.25, -0.2) is 4.79 Å². The normalized spacial score (nSPS) is 25.6. The van der Waals surface area contributed by atoms with Crippen molar-refractivity contribution in [3.05, 3.63) is 71.7 Å². The maximum Gasteiger partial charge on any atom is 0.322 e. The summed E-state index contributed by atoms with van der Waals surface area (Å²) >= 11 is 0. The van der Waals surface area contributed by atoms with Gasteiger partial charge in [0.15, 0.2) is 5.54 Å². The van der Waals surface area contributed by atoms with Crippen molar-refractivity contribution in [2.24, 2.45) is 0 Å².